The van der Waals surface area contributed by atoms with Crippen LogP contribution >= 0.6 is 0 Å². The minimum atomic E-state index is -0.801. The Labute approximate surface area is 92.6 Å². The molecule has 88 valence electrons. The molecular weight excluding hydrogens is 214 g/mol. The van der Waals surface area contributed by atoms with E-state index < -0.39 is 29.1 Å². The number of hydrogen-bond donors (Lipinski definition) is 2. The Morgan fingerprint density at radius 2 is 1.81 bits per heavy atom. The molecule has 1 aromatic rings. The van der Waals surface area contributed by atoms with Crippen molar-refractivity contribution in [1.82, 2.24) is 0 Å². The van der Waals surface area contributed by atoms with Crippen LogP contribution in [0.4, 0.5) is 14.5 Å². The first-order valence-corrected chi connectivity index (χ1v) is 4.94. The molecule has 0 aliphatic rings. The highest BCUT2D eigenvalue weighted by Crippen LogP contribution is 2.19. The van der Waals surface area contributed by atoms with Gasteiger partial charge in [-0.1, -0.05) is 13.0 Å². The second-order valence-corrected chi connectivity index (χ2v) is 3.73. The average molecular weight is 228 g/mol. The maximum absolute atomic E-state index is 13.2. The number of halogens is 2. The largest absolute Gasteiger partial charge is 0.327 e. The van der Waals surface area contributed by atoms with Crippen molar-refractivity contribution in [1.29, 1.82) is 0 Å². The van der Waals surface area contributed by atoms with Gasteiger partial charge in [-0.05, 0) is 19.1 Å². The van der Waals surface area contributed by atoms with E-state index in [-0.39, 0.29) is 6.04 Å². The molecule has 0 spiro atoms. The first kappa shape index (κ1) is 12.6. The molecule has 2 unspecified atom stereocenters. The van der Waals surface area contributed by atoms with Gasteiger partial charge < -0.3 is 11.1 Å². The van der Waals surface area contributed by atoms with Crippen LogP contribution in [-0.2, 0) is 4.79 Å². The van der Waals surface area contributed by atoms with Crippen LogP contribution in [-0.4, -0.2) is 11.9 Å². The lowest BCUT2D eigenvalue weighted by Gasteiger charge is -2.15. The van der Waals surface area contributed by atoms with Gasteiger partial charge in [-0.15, -0.1) is 0 Å². The van der Waals surface area contributed by atoms with E-state index in [4.69, 9.17) is 5.73 Å². The Morgan fingerprint density at radius 3 is 2.25 bits per heavy atom. The van der Waals surface area contributed by atoms with Crippen LogP contribution in [0.1, 0.15) is 13.8 Å². The van der Waals surface area contributed by atoms with Crippen molar-refractivity contribution in [3.8, 4) is 0 Å². The normalized spacial score (nSPS) is 14.3. The molecule has 3 nitrogen and oxygen atoms in total. The summed E-state index contributed by atoms with van der Waals surface area (Å²) in [6.45, 7) is 3.25. The second-order valence-electron chi connectivity index (χ2n) is 3.73. The third-order valence-electron chi connectivity index (χ3n) is 2.41. The molecular formula is C11H14F2N2O. The van der Waals surface area contributed by atoms with Gasteiger partial charge in [0.2, 0.25) is 5.91 Å². The average Bonchev–Trinajstić information content (AvgIpc) is 2.22. The van der Waals surface area contributed by atoms with E-state index in [1.54, 1.807) is 13.8 Å². The van der Waals surface area contributed by atoms with E-state index in [1.807, 2.05) is 0 Å². The third kappa shape index (κ3) is 2.76. The first-order chi connectivity index (χ1) is 7.43. The molecule has 0 radical (unpaired) electrons. The van der Waals surface area contributed by atoms with Crippen LogP contribution in [0.5, 0.6) is 0 Å². The van der Waals surface area contributed by atoms with E-state index in [0.29, 0.717) is 0 Å². The van der Waals surface area contributed by atoms with Gasteiger partial charge in [-0.3, -0.25) is 4.79 Å². The Hall–Kier alpha value is -1.49. The summed E-state index contributed by atoms with van der Waals surface area (Å²) in [4.78, 5) is 11.5. The maximum Gasteiger partial charge on any atom is 0.228 e. The third-order valence-corrected chi connectivity index (χ3v) is 2.41. The minimum absolute atomic E-state index is 0.380. The van der Waals surface area contributed by atoms with E-state index in [2.05, 4.69) is 5.32 Å². The highest BCUT2D eigenvalue weighted by atomic mass is 19.1. The van der Waals surface area contributed by atoms with Crippen LogP contribution in [0.2, 0.25) is 0 Å². The number of anilines is 1. The molecule has 0 fully saturated rings. The molecule has 0 bridgehead atoms. The van der Waals surface area contributed by atoms with Gasteiger partial charge in [0.1, 0.15) is 17.3 Å². The fourth-order valence-electron chi connectivity index (χ4n) is 1.09. The summed E-state index contributed by atoms with van der Waals surface area (Å²) in [7, 11) is 0. The van der Waals surface area contributed by atoms with Crippen molar-refractivity contribution in [2.45, 2.75) is 19.9 Å². The van der Waals surface area contributed by atoms with Crippen LogP contribution in [0.3, 0.4) is 0 Å². The lowest BCUT2D eigenvalue weighted by molar-refractivity contribution is -0.119. The molecule has 3 N–H and O–H groups in total. The SMILES string of the molecule is CC(N)C(C)C(=O)Nc1c(F)cccc1F. The standard InChI is InChI=1S/C11H14F2N2O/c1-6(7(2)14)11(16)15-10-8(12)4-3-5-9(10)13/h3-7H,14H2,1-2H3,(H,15,16). The lowest BCUT2D eigenvalue weighted by atomic mass is 10.0. The van der Waals surface area contributed by atoms with Crippen LogP contribution < -0.4 is 11.1 Å². The van der Waals surface area contributed by atoms with Crippen LogP contribution in [0.25, 0.3) is 0 Å². The van der Waals surface area contributed by atoms with Crippen molar-refractivity contribution in [3.05, 3.63) is 29.8 Å². The number of benzene rings is 1. The van der Waals surface area contributed by atoms with E-state index in [0.717, 1.165) is 12.1 Å². The van der Waals surface area contributed by atoms with Crippen molar-refractivity contribution >= 4 is 11.6 Å². The number of nitrogens with two attached hydrogens (primary N) is 1. The number of para-hydroxylation sites is 1. The predicted octanol–water partition coefficient (Wildman–Crippen LogP) is 1.89. The smallest absolute Gasteiger partial charge is 0.228 e. The van der Waals surface area contributed by atoms with Gasteiger partial charge in [0.15, 0.2) is 0 Å². The predicted molar refractivity (Wildman–Crippen MR) is 57.8 cm³/mol. The molecule has 0 heterocycles. The van der Waals surface area contributed by atoms with Crippen molar-refractivity contribution < 1.29 is 13.6 Å². The Balaban J connectivity index is 2.85. The van der Waals surface area contributed by atoms with Gasteiger partial charge >= 0.3 is 0 Å². The van der Waals surface area contributed by atoms with Gasteiger partial charge in [0.05, 0.1) is 5.92 Å². The zero-order valence-electron chi connectivity index (χ0n) is 9.13. The number of carbonyl (C=O) groups is 1. The number of rotatable bonds is 3. The van der Waals surface area contributed by atoms with Crippen molar-refractivity contribution in [2.24, 2.45) is 11.7 Å². The van der Waals surface area contributed by atoms with Gasteiger partial charge in [-0.2, -0.15) is 0 Å². The molecule has 1 rings (SSSR count). The van der Waals surface area contributed by atoms with Crippen LogP contribution in [0.15, 0.2) is 18.2 Å². The monoisotopic (exact) mass is 228 g/mol. The Morgan fingerprint density at radius 1 is 1.31 bits per heavy atom. The highest BCUT2D eigenvalue weighted by Gasteiger charge is 2.19. The zero-order valence-corrected chi connectivity index (χ0v) is 9.13. The quantitative estimate of drug-likeness (QED) is 0.830. The zero-order chi connectivity index (χ0) is 12.3. The number of amides is 1. The summed E-state index contributed by atoms with van der Waals surface area (Å²) in [6.07, 6.45) is 0. The molecule has 2 atom stereocenters. The van der Waals surface area contributed by atoms with Gasteiger partial charge in [-0.25, -0.2) is 8.78 Å². The molecule has 1 aromatic carbocycles. The summed E-state index contributed by atoms with van der Waals surface area (Å²) >= 11 is 0. The highest BCUT2D eigenvalue weighted by molar-refractivity contribution is 5.92. The summed E-state index contributed by atoms with van der Waals surface area (Å²) < 4.78 is 26.4. The molecule has 0 aliphatic carbocycles. The minimum Gasteiger partial charge on any atom is -0.327 e. The molecule has 16 heavy (non-hydrogen) atoms. The molecule has 0 saturated heterocycles. The van der Waals surface area contributed by atoms with Crippen molar-refractivity contribution in [2.75, 3.05) is 5.32 Å². The summed E-state index contributed by atoms with van der Waals surface area (Å²) in [5, 5.41) is 2.19. The van der Waals surface area contributed by atoms with E-state index in [9.17, 15) is 13.6 Å². The Kier molecular flexibility index (Phi) is 3.95. The van der Waals surface area contributed by atoms with Crippen molar-refractivity contribution in [3.63, 3.8) is 0 Å². The van der Waals surface area contributed by atoms with E-state index in [1.165, 1.54) is 6.07 Å². The number of carbonyl (C=O) groups excluding carboxylic acids is 1. The maximum atomic E-state index is 13.2. The summed E-state index contributed by atoms with van der Waals surface area (Å²) in [5.41, 5.74) is 5.09. The fourth-order valence-corrected chi connectivity index (χ4v) is 1.09. The summed E-state index contributed by atoms with van der Waals surface area (Å²) in [6, 6.07) is 3.01. The number of hydrogen-bond acceptors (Lipinski definition) is 2. The van der Waals surface area contributed by atoms with Gasteiger partial charge in [0, 0.05) is 6.04 Å². The topological polar surface area (TPSA) is 55.1 Å². The summed E-state index contributed by atoms with van der Waals surface area (Å²) in [5.74, 6) is -2.62. The molecule has 0 aromatic heterocycles. The Bertz CT molecular complexity index is 373. The number of nitrogens with one attached hydrogen (secondary N) is 1. The molecule has 0 saturated carbocycles. The lowest BCUT2D eigenvalue weighted by Crippen LogP contribution is -2.34. The molecule has 0 aliphatic heterocycles. The van der Waals surface area contributed by atoms with E-state index >= 15 is 0 Å². The van der Waals surface area contributed by atoms with Crippen LogP contribution in [0, 0.1) is 17.6 Å². The molecule has 5 heteroatoms. The first-order valence-electron chi connectivity index (χ1n) is 4.94. The van der Waals surface area contributed by atoms with Gasteiger partial charge in [0.25, 0.3) is 0 Å². The fraction of sp³-hybridized carbons (Fsp3) is 0.364. The molecule has 1 amide bonds. The second kappa shape index (κ2) is 5.03.